The summed E-state index contributed by atoms with van der Waals surface area (Å²) in [5, 5.41) is 12.3. The van der Waals surface area contributed by atoms with E-state index in [4.69, 9.17) is 4.74 Å². The van der Waals surface area contributed by atoms with Gasteiger partial charge in [-0.05, 0) is 34.9 Å². The highest BCUT2D eigenvalue weighted by atomic mass is 79.9. The Morgan fingerprint density at radius 3 is 1.97 bits per heavy atom. The first kappa shape index (κ1) is 18.2. The zero-order valence-electron chi connectivity index (χ0n) is 15.9. The quantitative estimate of drug-likeness (QED) is 0.398. The Morgan fingerprint density at radius 2 is 1.28 bits per heavy atom. The predicted octanol–water partition coefficient (Wildman–Crippen LogP) is 6.39. The number of hydrogen-bond acceptors (Lipinski definition) is 2. The van der Waals surface area contributed by atoms with Crippen molar-refractivity contribution in [3.8, 4) is 28.0 Å². The van der Waals surface area contributed by atoms with Crippen LogP contribution in [0.5, 0.6) is 5.75 Å². The summed E-state index contributed by atoms with van der Waals surface area (Å²) in [5.41, 5.74) is 5.59. The average Bonchev–Trinajstić information content (AvgIpc) is 3.05. The third kappa shape index (κ3) is 2.65. The van der Waals surface area contributed by atoms with Crippen LogP contribution >= 0.6 is 15.9 Å². The van der Waals surface area contributed by atoms with Gasteiger partial charge < -0.3 is 9.84 Å². The second kappa shape index (κ2) is 6.87. The zero-order chi connectivity index (χ0) is 20.0. The molecule has 0 spiro atoms. The van der Waals surface area contributed by atoms with Gasteiger partial charge in [-0.1, -0.05) is 88.7 Å². The summed E-state index contributed by atoms with van der Waals surface area (Å²) in [5.74, 6) is 0.811. The molecule has 0 saturated carbocycles. The minimum absolute atomic E-state index is 0.811. The maximum absolute atomic E-state index is 12.3. The first-order valence-corrected chi connectivity index (χ1v) is 10.3. The van der Waals surface area contributed by atoms with Crippen molar-refractivity contribution in [2.24, 2.45) is 0 Å². The molecule has 2 nitrogen and oxygen atoms in total. The molecule has 29 heavy (non-hydrogen) atoms. The van der Waals surface area contributed by atoms with Gasteiger partial charge in [-0.2, -0.15) is 0 Å². The van der Waals surface area contributed by atoms with Crippen LogP contribution in [0, 0.1) is 0 Å². The fourth-order valence-corrected chi connectivity index (χ4v) is 4.95. The van der Waals surface area contributed by atoms with Gasteiger partial charge in [0.05, 0.1) is 7.11 Å². The Hall–Kier alpha value is -2.88. The lowest BCUT2D eigenvalue weighted by Gasteiger charge is -2.29. The van der Waals surface area contributed by atoms with Crippen molar-refractivity contribution in [1.29, 1.82) is 0 Å². The van der Waals surface area contributed by atoms with Crippen LogP contribution in [0.2, 0.25) is 0 Å². The van der Waals surface area contributed by atoms with Gasteiger partial charge in [0.2, 0.25) is 0 Å². The number of methoxy groups -OCH3 is 1. The first-order valence-electron chi connectivity index (χ1n) is 9.50. The zero-order valence-corrected chi connectivity index (χ0v) is 17.5. The Balaban J connectivity index is 1.80. The molecular formula is C26H19BrO2. The number of ether oxygens (including phenoxy) is 1. The monoisotopic (exact) mass is 442 g/mol. The van der Waals surface area contributed by atoms with Gasteiger partial charge in [0.1, 0.15) is 11.4 Å². The van der Waals surface area contributed by atoms with E-state index >= 15 is 0 Å². The predicted molar refractivity (Wildman–Crippen MR) is 120 cm³/mol. The van der Waals surface area contributed by atoms with Crippen molar-refractivity contribution in [2.75, 3.05) is 7.11 Å². The maximum Gasteiger partial charge on any atom is 0.142 e. The molecule has 4 aromatic rings. The van der Waals surface area contributed by atoms with Gasteiger partial charge in [0.15, 0.2) is 0 Å². The van der Waals surface area contributed by atoms with E-state index in [9.17, 15) is 5.11 Å². The van der Waals surface area contributed by atoms with Crippen LogP contribution in [0.1, 0.15) is 16.7 Å². The van der Waals surface area contributed by atoms with Gasteiger partial charge in [-0.15, -0.1) is 0 Å². The molecule has 0 fully saturated rings. The SMILES string of the molecule is COc1ccc(-c2ccccc2C2(O)c3ccccc3-c3c(Br)cccc32)cc1. The van der Waals surface area contributed by atoms with Crippen molar-refractivity contribution in [1.82, 2.24) is 0 Å². The highest BCUT2D eigenvalue weighted by molar-refractivity contribution is 9.10. The summed E-state index contributed by atoms with van der Waals surface area (Å²) in [4.78, 5) is 0. The lowest BCUT2D eigenvalue weighted by atomic mass is 9.80. The smallest absolute Gasteiger partial charge is 0.142 e. The summed E-state index contributed by atoms with van der Waals surface area (Å²) < 4.78 is 6.29. The van der Waals surface area contributed by atoms with Crippen LogP contribution in [0.3, 0.4) is 0 Å². The number of halogens is 1. The molecule has 0 heterocycles. The van der Waals surface area contributed by atoms with Crippen molar-refractivity contribution >= 4 is 15.9 Å². The number of benzene rings is 4. The molecule has 0 radical (unpaired) electrons. The Bertz CT molecular complexity index is 1210. The van der Waals surface area contributed by atoms with Crippen LogP contribution in [0.4, 0.5) is 0 Å². The van der Waals surface area contributed by atoms with E-state index in [0.29, 0.717) is 0 Å². The fourth-order valence-electron chi connectivity index (χ4n) is 4.37. The number of fused-ring (bicyclic) bond motifs is 3. The number of rotatable bonds is 3. The molecule has 0 bridgehead atoms. The Labute approximate surface area is 178 Å². The average molecular weight is 443 g/mol. The minimum Gasteiger partial charge on any atom is -0.497 e. The Kier molecular flexibility index (Phi) is 4.30. The van der Waals surface area contributed by atoms with Crippen LogP contribution in [0.15, 0.2) is 95.5 Å². The van der Waals surface area contributed by atoms with E-state index in [1.54, 1.807) is 7.11 Å². The van der Waals surface area contributed by atoms with Crippen LogP contribution < -0.4 is 4.74 Å². The summed E-state index contributed by atoms with van der Waals surface area (Å²) in [6.45, 7) is 0. The molecule has 1 atom stereocenters. The van der Waals surface area contributed by atoms with Gasteiger partial charge in [-0.25, -0.2) is 0 Å². The van der Waals surface area contributed by atoms with Crippen LogP contribution in [0.25, 0.3) is 22.3 Å². The van der Waals surface area contributed by atoms with E-state index in [1.807, 2.05) is 78.9 Å². The van der Waals surface area contributed by atoms with Crippen molar-refractivity contribution < 1.29 is 9.84 Å². The first-order chi connectivity index (χ1) is 14.1. The van der Waals surface area contributed by atoms with Crippen molar-refractivity contribution in [3.05, 3.63) is 112 Å². The molecule has 142 valence electrons. The third-order valence-corrected chi connectivity index (χ3v) is 6.37. The Morgan fingerprint density at radius 1 is 0.690 bits per heavy atom. The number of aliphatic hydroxyl groups is 1. The molecule has 4 aromatic carbocycles. The highest BCUT2D eigenvalue weighted by Crippen LogP contribution is 2.54. The number of hydrogen-bond donors (Lipinski definition) is 1. The molecular weight excluding hydrogens is 424 g/mol. The van der Waals surface area contributed by atoms with Crippen molar-refractivity contribution in [2.45, 2.75) is 5.60 Å². The van der Waals surface area contributed by atoms with E-state index in [1.165, 1.54) is 0 Å². The molecule has 0 aliphatic heterocycles. The molecule has 0 aromatic heterocycles. The molecule has 1 aliphatic carbocycles. The summed E-state index contributed by atoms with van der Waals surface area (Å²) in [6, 6.07) is 30.2. The fraction of sp³-hybridized carbons (Fsp3) is 0.0769. The van der Waals surface area contributed by atoms with E-state index in [0.717, 1.165) is 49.2 Å². The van der Waals surface area contributed by atoms with Gasteiger partial charge in [0, 0.05) is 26.7 Å². The normalized spacial score (nSPS) is 16.9. The molecule has 5 rings (SSSR count). The van der Waals surface area contributed by atoms with Gasteiger partial charge in [0.25, 0.3) is 0 Å². The molecule has 1 N–H and O–H groups in total. The molecule has 3 heteroatoms. The lowest BCUT2D eigenvalue weighted by Crippen LogP contribution is -2.27. The standard InChI is InChI=1S/C26H19BrO2/c1-29-18-15-13-17(14-16-18)19-7-2-4-9-21(19)26(28)22-10-5-3-8-20(22)25-23(26)11-6-12-24(25)27/h2-16,28H,1H3. The van der Waals surface area contributed by atoms with Crippen LogP contribution in [-0.2, 0) is 5.60 Å². The summed E-state index contributed by atoms with van der Waals surface area (Å²) in [6.07, 6.45) is 0. The maximum atomic E-state index is 12.3. The molecule has 0 saturated heterocycles. The summed E-state index contributed by atoms with van der Waals surface area (Å²) in [7, 11) is 1.66. The van der Waals surface area contributed by atoms with Gasteiger partial charge >= 0.3 is 0 Å². The van der Waals surface area contributed by atoms with Gasteiger partial charge in [-0.3, -0.25) is 0 Å². The lowest BCUT2D eigenvalue weighted by molar-refractivity contribution is 0.131. The van der Waals surface area contributed by atoms with E-state index in [2.05, 4.69) is 28.1 Å². The molecule has 0 amide bonds. The summed E-state index contributed by atoms with van der Waals surface area (Å²) >= 11 is 3.70. The molecule has 1 aliphatic rings. The highest BCUT2D eigenvalue weighted by Gasteiger charge is 2.44. The van der Waals surface area contributed by atoms with Crippen molar-refractivity contribution in [3.63, 3.8) is 0 Å². The van der Waals surface area contributed by atoms with E-state index in [-0.39, 0.29) is 0 Å². The second-order valence-electron chi connectivity index (χ2n) is 7.19. The van der Waals surface area contributed by atoms with E-state index < -0.39 is 5.60 Å². The third-order valence-electron chi connectivity index (χ3n) is 5.71. The topological polar surface area (TPSA) is 29.5 Å². The van der Waals surface area contributed by atoms with Crippen LogP contribution in [-0.4, -0.2) is 12.2 Å². The second-order valence-corrected chi connectivity index (χ2v) is 8.05. The largest absolute Gasteiger partial charge is 0.497 e. The molecule has 1 unspecified atom stereocenters. The minimum atomic E-state index is -1.23.